The summed E-state index contributed by atoms with van der Waals surface area (Å²) in [6, 6.07) is 14.9. The number of aromatic nitrogens is 4. The predicted octanol–water partition coefficient (Wildman–Crippen LogP) is 4.37. The lowest BCUT2D eigenvalue weighted by molar-refractivity contribution is 0.0566. The number of pyridine rings is 2. The van der Waals surface area contributed by atoms with Gasteiger partial charge in [0.1, 0.15) is 11.6 Å². The lowest BCUT2D eigenvalue weighted by atomic mass is 10.2. The number of alkyl halides is 2. The number of anilines is 2. The SMILES string of the molecule is NC(=O)c1cccc(Nc2cc(Oc3cn(C(F)F)nc3-c3ccccn3)ccn2)c1. The van der Waals surface area contributed by atoms with E-state index in [0.29, 0.717) is 33.2 Å². The largest absolute Gasteiger partial charge is 0.453 e. The van der Waals surface area contributed by atoms with Crippen molar-refractivity contribution in [2.45, 2.75) is 6.55 Å². The Balaban J connectivity index is 1.61. The molecule has 4 aromatic rings. The zero-order valence-corrected chi connectivity index (χ0v) is 15.9. The molecule has 3 aromatic heterocycles. The Morgan fingerprint density at radius 2 is 1.94 bits per heavy atom. The minimum atomic E-state index is -2.83. The average Bonchev–Trinajstić information content (AvgIpc) is 3.19. The molecule has 0 aliphatic carbocycles. The second-order valence-electron chi connectivity index (χ2n) is 6.36. The van der Waals surface area contributed by atoms with E-state index in [9.17, 15) is 13.6 Å². The highest BCUT2D eigenvalue weighted by Gasteiger charge is 2.18. The van der Waals surface area contributed by atoms with Gasteiger partial charge in [0, 0.05) is 29.7 Å². The summed E-state index contributed by atoms with van der Waals surface area (Å²) in [5, 5.41) is 6.94. The zero-order chi connectivity index (χ0) is 21.8. The van der Waals surface area contributed by atoms with Crippen molar-refractivity contribution in [2.24, 2.45) is 5.73 Å². The normalized spacial score (nSPS) is 10.8. The number of nitrogens with one attached hydrogen (secondary N) is 1. The number of ether oxygens (including phenoxy) is 1. The molecule has 10 heteroatoms. The van der Waals surface area contributed by atoms with Crippen LogP contribution in [0.25, 0.3) is 11.4 Å². The van der Waals surface area contributed by atoms with E-state index >= 15 is 0 Å². The molecule has 0 saturated heterocycles. The topological polar surface area (TPSA) is 108 Å². The molecule has 1 aromatic carbocycles. The minimum absolute atomic E-state index is 0.117. The van der Waals surface area contributed by atoms with Gasteiger partial charge in [-0.25, -0.2) is 9.67 Å². The third-order valence-electron chi connectivity index (χ3n) is 4.18. The van der Waals surface area contributed by atoms with E-state index in [4.69, 9.17) is 10.5 Å². The molecular formula is C21H16F2N6O2. The molecule has 0 saturated carbocycles. The van der Waals surface area contributed by atoms with Crippen molar-refractivity contribution in [2.75, 3.05) is 5.32 Å². The number of benzene rings is 1. The van der Waals surface area contributed by atoms with Crippen LogP contribution in [-0.4, -0.2) is 25.7 Å². The van der Waals surface area contributed by atoms with Gasteiger partial charge in [0.2, 0.25) is 5.91 Å². The molecule has 3 heterocycles. The Bertz CT molecular complexity index is 1210. The third kappa shape index (κ3) is 4.64. The fraction of sp³-hybridized carbons (Fsp3) is 0.0476. The van der Waals surface area contributed by atoms with Gasteiger partial charge in [-0.05, 0) is 36.4 Å². The van der Waals surface area contributed by atoms with Crippen molar-refractivity contribution in [3.63, 3.8) is 0 Å². The molecule has 0 atom stereocenters. The summed E-state index contributed by atoms with van der Waals surface area (Å²) in [5.74, 6) is 0.327. The van der Waals surface area contributed by atoms with Crippen LogP contribution < -0.4 is 15.8 Å². The maximum Gasteiger partial charge on any atom is 0.333 e. The lowest BCUT2D eigenvalue weighted by Crippen LogP contribution is -2.10. The molecule has 0 aliphatic rings. The molecule has 4 rings (SSSR count). The van der Waals surface area contributed by atoms with Crippen LogP contribution in [0.2, 0.25) is 0 Å². The van der Waals surface area contributed by atoms with Crippen LogP contribution in [0.3, 0.4) is 0 Å². The van der Waals surface area contributed by atoms with E-state index in [-0.39, 0.29) is 11.4 Å². The number of carbonyl (C=O) groups is 1. The number of amides is 1. The minimum Gasteiger partial charge on any atom is -0.453 e. The number of nitrogens with two attached hydrogens (primary N) is 1. The summed E-state index contributed by atoms with van der Waals surface area (Å²) < 4.78 is 32.7. The predicted molar refractivity (Wildman–Crippen MR) is 109 cm³/mol. The van der Waals surface area contributed by atoms with Crippen LogP contribution in [0.4, 0.5) is 20.3 Å². The standard InChI is InChI=1S/C21H16F2N6O2/c22-21(23)29-12-17(19(28-29)16-6-1-2-8-25-16)31-15-7-9-26-18(11-15)27-14-5-3-4-13(10-14)20(24)30/h1-12,21H,(H2,24,30)(H,26,27). The van der Waals surface area contributed by atoms with E-state index in [1.807, 2.05) is 0 Å². The first-order valence-electron chi connectivity index (χ1n) is 9.09. The summed E-state index contributed by atoms with van der Waals surface area (Å²) in [5.41, 5.74) is 6.82. The van der Waals surface area contributed by atoms with Crippen molar-refractivity contribution in [3.05, 3.63) is 78.8 Å². The average molecular weight is 422 g/mol. The second kappa shape index (κ2) is 8.57. The highest BCUT2D eigenvalue weighted by atomic mass is 19.3. The number of hydrogen-bond acceptors (Lipinski definition) is 6. The van der Waals surface area contributed by atoms with Gasteiger partial charge >= 0.3 is 6.55 Å². The van der Waals surface area contributed by atoms with E-state index in [2.05, 4.69) is 20.4 Å². The molecule has 8 nitrogen and oxygen atoms in total. The van der Waals surface area contributed by atoms with Crippen LogP contribution in [0, 0.1) is 0 Å². The number of halogens is 2. The molecular weight excluding hydrogens is 406 g/mol. The van der Waals surface area contributed by atoms with Gasteiger partial charge < -0.3 is 15.8 Å². The summed E-state index contributed by atoms with van der Waals surface area (Å²) in [7, 11) is 0. The van der Waals surface area contributed by atoms with Gasteiger partial charge in [0.05, 0.1) is 11.9 Å². The maximum absolute atomic E-state index is 13.2. The molecule has 0 unspecified atom stereocenters. The van der Waals surface area contributed by atoms with Gasteiger partial charge in [-0.2, -0.15) is 13.9 Å². The zero-order valence-electron chi connectivity index (χ0n) is 15.9. The van der Waals surface area contributed by atoms with Crippen molar-refractivity contribution < 1.29 is 18.3 Å². The molecule has 0 radical (unpaired) electrons. The quantitative estimate of drug-likeness (QED) is 0.458. The summed E-state index contributed by atoms with van der Waals surface area (Å²) >= 11 is 0. The monoisotopic (exact) mass is 422 g/mol. The van der Waals surface area contributed by atoms with Crippen molar-refractivity contribution in [1.29, 1.82) is 0 Å². The number of carbonyl (C=O) groups excluding carboxylic acids is 1. The molecule has 0 bridgehead atoms. The molecule has 156 valence electrons. The number of rotatable bonds is 7. The van der Waals surface area contributed by atoms with Crippen LogP contribution in [0.15, 0.2) is 73.2 Å². The maximum atomic E-state index is 13.2. The van der Waals surface area contributed by atoms with Gasteiger partial charge in [-0.3, -0.25) is 9.78 Å². The van der Waals surface area contributed by atoms with E-state index < -0.39 is 12.5 Å². The molecule has 0 fully saturated rings. The summed E-state index contributed by atoms with van der Waals surface area (Å²) in [6.45, 7) is -2.83. The number of hydrogen-bond donors (Lipinski definition) is 2. The first kappa shape index (κ1) is 20.0. The van der Waals surface area contributed by atoms with E-state index in [1.165, 1.54) is 12.4 Å². The highest BCUT2D eigenvalue weighted by Crippen LogP contribution is 2.33. The Morgan fingerprint density at radius 3 is 2.68 bits per heavy atom. The fourth-order valence-corrected chi connectivity index (χ4v) is 2.80. The highest BCUT2D eigenvalue weighted by molar-refractivity contribution is 5.93. The molecule has 1 amide bonds. The third-order valence-corrected chi connectivity index (χ3v) is 4.18. The Labute approximate surface area is 175 Å². The second-order valence-corrected chi connectivity index (χ2v) is 6.36. The Morgan fingerprint density at radius 1 is 1.06 bits per heavy atom. The van der Waals surface area contributed by atoms with Crippen molar-refractivity contribution >= 4 is 17.4 Å². The van der Waals surface area contributed by atoms with Gasteiger partial charge in [-0.1, -0.05) is 12.1 Å². The van der Waals surface area contributed by atoms with Crippen molar-refractivity contribution in [1.82, 2.24) is 19.7 Å². The first-order chi connectivity index (χ1) is 15.0. The molecule has 0 aliphatic heterocycles. The summed E-state index contributed by atoms with van der Waals surface area (Å²) in [4.78, 5) is 19.7. The number of primary amides is 1. The van der Waals surface area contributed by atoms with E-state index in [1.54, 1.807) is 54.6 Å². The molecule has 3 N–H and O–H groups in total. The molecule has 31 heavy (non-hydrogen) atoms. The van der Waals surface area contributed by atoms with E-state index in [0.717, 1.165) is 6.20 Å². The Kier molecular flexibility index (Phi) is 5.52. The van der Waals surface area contributed by atoms with Gasteiger partial charge in [0.15, 0.2) is 11.4 Å². The van der Waals surface area contributed by atoms with Crippen LogP contribution in [0.5, 0.6) is 11.5 Å². The van der Waals surface area contributed by atoms with Crippen molar-refractivity contribution in [3.8, 4) is 22.9 Å². The molecule has 0 spiro atoms. The van der Waals surface area contributed by atoms with Crippen LogP contribution in [-0.2, 0) is 0 Å². The summed E-state index contributed by atoms with van der Waals surface area (Å²) in [6.07, 6.45) is 4.14. The first-order valence-corrected chi connectivity index (χ1v) is 9.09. The lowest BCUT2D eigenvalue weighted by Gasteiger charge is -2.09. The van der Waals surface area contributed by atoms with Crippen LogP contribution >= 0.6 is 0 Å². The van der Waals surface area contributed by atoms with Gasteiger partial charge in [0.25, 0.3) is 0 Å². The van der Waals surface area contributed by atoms with Gasteiger partial charge in [-0.15, -0.1) is 0 Å². The number of nitrogens with zero attached hydrogens (tertiary/aromatic N) is 4. The fourth-order valence-electron chi connectivity index (χ4n) is 2.80. The smallest absolute Gasteiger partial charge is 0.333 e. The Hall–Kier alpha value is -4.34. The van der Waals surface area contributed by atoms with Crippen LogP contribution in [0.1, 0.15) is 16.9 Å².